The minimum absolute atomic E-state index is 0.176. The first kappa shape index (κ1) is 11.5. The Labute approximate surface area is 88.2 Å². The van der Waals surface area contributed by atoms with Crippen molar-refractivity contribution in [2.45, 2.75) is 26.2 Å². The second kappa shape index (κ2) is 3.53. The lowest BCUT2D eigenvalue weighted by atomic mass is 9.91. The van der Waals surface area contributed by atoms with Crippen molar-refractivity contribution >= 4 is 5.97 Å². The third-order valence-corrected chi connectivity index (χ3v) is 2.30. The summed E-state index contributed by atoms with van der Waals surface area (Å²) in [5.41, 5.74) is -0.0109. The van der Waals surface area contributed by atoms with Gasteiger partial charge in [0.15, 0.2) is 0 Å². The maximum atomic E-state index is 11.7. The molecular weight excluding hydrogens is 194 g/mol. The number of carboxylic acids is 1. The lowest BCUT2D eigenvalue weighted by molar-refractivity contribution is 0.0694. The lowest BCUT2D eigenvalue weighted by Crippen LogP contribution is -2.30. The molecule has 0 aliphatic rings. The number of aromatic carboxylic acids is 1. The number of carbonyl (C=O) groups is 1. The summed E-state index contributed by atoms with van der Waals surface area (Å²) in [7, 11) is 1.59. The van der Waals surface area contributed by atoms with E-state index < -0.39 is 11.5 Å². The Morgan fingerprint density at radius 1 is 1.33 bits per heavy atom. The van der Waals surface area contributed by atoms with Crippen LogP contribution in [-0.2, 0) is 12.5 Å². The highest BCUT2D eigenvalue weighted by molar-refractivity contribution is 5.87. The van der Waals surface area contributed by atoms with E-state index in [-0.39, 0.29) is 11.0 Å². The monoisotopic (exact) mass is 209 g/mol. The quantitative estimate of drug-likeness (QED) is 0.760. The predicted octanol–water partition coefficient (Wildman–Crippen LogP) is 1.38. The first-order valence-corrected chi connectivity index (χ1v) is 4.69. The van der Waals surface area contributed by atoms with Crippen LogP contribution in [-0.4, -0.2) is 15.6 Å². The molecule has 0 spiro atoms. The molecule has 0 saturated carbocycles. The SMILES string of the molecule is Cn1c(C(C)(C)C)ccc(C(=O)O)c1=O. The number of hydrogen-bond acceptors (Lipinski definition) is 2. The van der Waals surface area contributed by atoms with Gasteiger partial charge in [-0.25, -0.2) is 4.79 Å². The maximum Gasteiger partial charge on any atom is 0.341 e. The molecule has 0 fully saturated rings. The molecule has 0 unspecified atom stereocenters. The van der Waals surface area contributed by atoms with Crippen LogP contribution in [0.25, 0.3) is 0 Å². The molecule has 0 saturated heterocycles. The highest BCUT2D eigenvalue weighted by Gasteiger charge is 2.19. The maximum absolute atomic E-state index is 11.7. The van der Waals surface area contributed by atoms with Gasteiger partial charge in [0.25, 0.3) is 5.56 Å². The molecule has 4 heteroatoms. The second-order valence-electron chi connectivity index (χ2n) is 4.55. The Kier molecular flexibility index (Phi) is 2.71. The number of pyridine rings is 1. The van der Waals surface area contributed by atoms with Crippen molar-refractivity contribution in [1.82, 2.24) is 4.57 Å². The molecule has 1 rings (SSSR count). The van der Waals surface area contributed by atoms with Crippen LogP contribution >= 0.6 is 0 Å². The average molecular weight is 209 g/mol. The Balaban J connectivity index is 3.48. The van der Waals surface area contributed by atoms with Gasteiger partial charge in [0.05, 0.1) is 0 Å². The number of aromatic nitrogens is 1. The van der Waals surface area contributed by atoms with Crippen molar-refractivity contribution in [2.75, 3.05) is 0 Å². The molecule has 1 N–H and O–H groups in total. The van der Waals surface area contributed by atoms with Gasteiger partial charge < -0.3 is 9.67 Å². The number of carboxylic acid groups (broad SMARTS) is 1. The van der Waals surface area contributed by atoms with Crippen LogP contribution in [0.2, 0.25) is 0 Å². The summed E-state index contributed by atoms with van der Waals surface area (Å²) in [6.45, 7) is 5.92. The zero-order chi connectivity index (χ0) is 11.8. The minimum atomic E-state index is -1.18. The van der Waals surface area contributed by atoms with E-state index in [1.54, 1.807) is 13.1 Å². The zero-order valence-corrected chi connectivity index (χ0v) is 9.37. The summed E-state index contributed by atoms with van der Waals surface area (Å²) in [6.07, 6.45) is 0. The highest BCUT2D eigenvalue weighted by atomic mass is 16.4. The van der Waals surface area contributed by atoms with Crippen LogP contribution in [0.4, 0.5) is 0 Å². The van der Waals surface area contributed by atoms with Crippen LogP contribution in [0.3, 0.4) is 0 Å². The molecule has 4 nitrogen and oxygen atoms in total. The van der Waals surface area contributed by atoms with Gasteiger partial charge in [-0.2, -0.15) is 0 Å². The molecule has 82 valence electrons. The normalized spacial score (nSPS) is 11.5. The van der Waals surface area contributed by atoms with Gasteiger partial charge in [-0.3, -0.25) is 4.79 Å². The van der Waals surface area contributed by atoms with Gasteiger partial charge >= 0.3 is 5.97 Å². The molecule has 0 aliphatic carbocycles. The van der Waals surface area contributed by atoms with E-state index >= 15 is 0 Å². The van der Waals surface area contributed by atoms with E-state index in [9.17, 15) is 9.59 Å². The van der Waals surface area contributed by atoms with E-state index in [4.69, 9.17) is 5.11 Å². The minimum Gasteiger partial charge on any atom is -0.477 e. The number of nitrogens with zero attached hydrogens (tertiary/aromatic N) is 1. The molecule has 1 aromatic rings. The fourth-order valence-electron chi connectivity index (χ4n) is 1.55. The third-order valence-electron chi connectivity index (χ3n) is 2.30. The Bertz CT molecular complexity index is 452. The van der Waals surface area contributed by atoms with Gasteiger partial charge in [0.2, 0.25) is 0 Å². The summed E-state index contributed by atoms with van der Waals surface area (Å²) in [5, 5.41) is 8.77. The fraction of sp³-hybridized carbons (Fsp3) is 0.455. The largest absolute Gasteiger partial charge is 0.477 e. The molecule has 0 bridgehead atoms. The summed E-state index contributed by atoms with van der Waals surface area (Å²) in [6, 6.07) is 3.05. The first-order valence-electron chi connectivity index (χ1n) is 4.69. The van der Waals surface area contributed by atoms with Crippen LogP contribution in [0.1, 0.15) is 36.8 Å². The van der Waals surface area contributed by atoms with Crippen molar-refractivity contribution in [3.05, 3.63) is 33.7 Å². The molecule has 0 amide bonds. The van der Waals surface area contributed by atoms with Crippen molar-refractivity contribution in [3.63, 3.8) is 0 Å². The Morgan fingerprint density at radius 3 is 2.27 bits per heavy atom. The van der Waals surface area contributed by atoms with Crippen molar-refractivity contribution in [2.24, 2.45) is 7.05 Å². The lowest BCUT2D eigenvalue weighted by Gasteiger charge is -2.22. The third kappa shape index (κ3) is 2.09. The van der Waals surface area contributed by atoms with Gasteiger partial charge in [-0.05, 0) is 12.1 Å². The van der Waals surface area contributed by atoms with Crippen molar-refractivity contribution < 1.29 is 9.90 Å². The average Bonchev–Trinajstić information content (AvgIpc) is 2.06. The smallest absolute Gasteiger partial charge is 0.341 e. The molecule has 0 aromatic carbocycles. The van der Waals surface area contributed by atoms with Gasteiger partial charge in [-0.15, -0.1) is 0 Å². The molecule has 0 aliphatic heterocycles. The molecular formula is C11H15NO3. The van der Waals surface area contributed by atoms with Gasteiger partial charge in [-0.1, -0.05) is 20.8 Å². The van der Waals surface area contributed by atoms with Crippen molar-refractivity contribution in [3.8, 4) is 0 Å². The summed E-state index contributed by atoms with van der Waals surface area (Å²) >= 11 is 0. The second-order valence-corrected chi connectivity index (χ2v) is 4.55. The topological polar surface area (TPSA) is 59.3 Å². The summed E-state index contributed by atoms with van der Waals surface area (Å²) in [5.74, 6) is -1.18. The fourth-order valence-corrected chi connectivity index (χ4v) is 1.55. The van der Waals surface area contributed by atoms with E-state index in [0.29, 0.717) is 0 Å². The molecule has 15 heavy (non-hydrogen) atoms. The highest BCUT2D eigenvalue weighted by Crippen LogP contribution is 2.20. The summed E-state index contributed by atoms with van der Waals surface area (Å²) in [4.78, 5) is 22.4. The van der Waals surface area contributed by atoms with E-state index in [0.717, 1.165) is 5.69 Å². The predicted molar refractivity (Wildman–Crippen MR) is 57.3 cm³/mol. The van der Waals surface area contributed by atoms with E-state index in [2.05, 4.69) is 0 Å². The molecule has 1 aromatic heterocycles. The van der Waals surface area contributed by atoms with Crippen LogP contribution in [0.5, 0.6) is 0 Å². The van der Waals surface area contributed by atoms with Crippen LogP contribution in [0, 0.1) is 0 Å². The summed E-state index contributed by atoms with van der Waals surface area (Å²) < 4.78 is 1.39. The van der Waals surface area contributed by atoms with Crippen molar-refractivity contribution in [1.29, 1.82) is 0 Å². The van der Waals surface area contributed by atoms with Crippen LogP contribution < -0.4 is 5.56 Å². The van der Waals surface area contributed by atoms with Gasteiger partial charge in [0.1, 0.15) is 5.56 Å². The zero-order valence-electron chi connectivity index (χ0n) is 9.37. The first-order chi connectivity index (χ1) is 6.75. The molecule has 0 atom stereocenters. The van der Waals surface area contributed by atoms with E-state index in [1.165, 1.54) is 10.6 Å². The van der Waals surface area contributed by atoms with Gasteiger partial charge in [0, 0.05) is 18.2 Å². The molecule has 0 radical (unpaired) electrons. The van der Waals surface area contributed by atoms with Crippen LogP contribution in [0.15, 0.2) is 16.9 Å². The molecule has 1 heterocycles. The standard InChI is InChI=1S/C11H15NO3/c1-11(2,3)8-6-5-7(10(14)15)9(13)12(8)4/h5-6H,1-4H3,(H,14,15). The number of hydrogen-bond donors (Lipinski definition) is 1. The Morgan fingerprint density at radius 2 is 1.87 bits per heavy atom. The number of rotatable bonds is 1. The Hall–Kier alpha value is -1.58. The van der Waals surface area contributed by atoms with E-state index in [1.807, 2.05) is 20.8 Å².